The quantitative estimate of drug-likeness (QED) is 0.475. The van der Waals surface area contributed by atoms with Crippen LogP contribution in [0.15, 0.2) is 30.3 Å². The molecule has 1 saturated heterocycles. The lowest BCUT2D eigenvalue weighted by Gasteiger charge is -2.08. The minimum Gasteiger partial charge on any atom is -0.375 e. The van der Waals surface area contributed by atoms with E-state index in [9.17, 15) is 14.4 Å². The van der Waals surface area contributed by atoms with Crippen LogP contribution in [0.5, 0.6) is 0 Å². The Hall–Kier alpha value is -2.41. The van der Waals surface area contributed by atoms with Crippen molar-refractivity contribution in [3.05, 3.63) is 35.9 Å². The number of urea groups is 1. The van der Waals surface area contributed by atoms with Crippen LogP contribution in [0.25, 0.3) is 0 Å². The molecule has 1 heterocycles. The van der Waals surface area contributed by atoms with E-state index >= 15 is 0 Å². The first kappa shape index (κ1) is 16.0. The second kappa shape index (κ2) is 8.14. The Morgan fingerprint density at radius 2 is 2.00 bits per heavy atom. The maximum Gasteiger partial charge on any atom is 0.322 e. The zero-order valence-corrected chi connectivity index (χ0v) is 12.1. The molecule has 4 amide bonds. The monoisotopic (exact) mass is 305 g/mol. The van der Waals surface area contributed by atoms with Crippen LogP contribution in [0, 0.1) is 0 Å². The highest BCUT2D eigenvalue weighted by Crippen LogP contribution is 2.02. The number of hydrogen-bond acceptors (Lipinski definition) is 4. The van der Waals surface area contributed by atoms with Gasteiger partial charge in [-0.1, -0.05) is 30.3 Å². The SMILES string of the molecule is O=C(CC[C@H]1NC(=O)NC1=O)NCCOCc1ccccc1. The molecule has 0 radical (unpaired) electrons. The molecule has 1 aliphatic rings. The molecule has 1 aromatic carbocycles. The third-order valence-corrected chi connectivity index (χ3v) is 3.20. The molecule has 7 heteroatoms. The van der Waals surface area contributed by atoms with Gasteiger partial charge in [-0.2, -0.15) is 0 Å². The highest BCUT2D eigenvalue weighted by Gasteiger charge is 2.29. The van der Waals surface area contributed by atoms with E-state index in [1.165, 1.54) is 0 Å². The second-order valence-electron chi connectivity index (χ2n) is 4.94. The smallest absolute Gasteiger partial charge is 0.322 e. The van der Waals surface area contributed by atoms with E-state index in [-0.39, 0.29) is 24.7 Å². The van der Waals surface area contributed by atoms with E-state index in [0.717, 1.165) is 5.56 Å². The van der Waals surface area contributed by atoms with Crippen molar-refractivity contribution in [2.45, 2.75) is 25.5 Å². The lowest BCUT2D eigenvalue weighted by atomic mass is 10.1. The van der Waals surface area contributed by atoms with Crippen molar-refractivity contribution in [1.29, 1.82) is 0 Å². The lowest BCUT2D eigenvalue weighted by Crippen LogP contribution is -2.32. The van der Waals surface area contributed by atoms with Crippen molar-refractivity contribution >= 4 is 17.8 Å². The molecular formula is C15H19N3O4. The molecule has 1 atom stereocenters. The van der Waals surface area contributed by atoms with Crippen LogP contribution < -0.4 is 16.0 Å². The van der Waals surface area contributed by atoms with Gasteiger partial charge in [0.25, 0.3) is 5.91 Å². The average Bonchev–Trinajstić information content (AvgIpc) is 2.84. The Morgan fingerprint density at radius 3 is 2.68 bits per heavy atom. The number of amides is 4. The molecule has 2 rings (SSSR count). The van der Waals surface area contributed by atoms with Crippen molar-refractivity contribution in [2.24, 2.45) is 0 Å². The van der Waals surface area contributed by atoms with Crippen LogP contribution in [-0.2, 0) is 20.9 Å². The van der Waals surface area contributed by atoms with Gasteiger partial charge in [0.2, 0.25) is 5.91 Å². The van der Waals surface area contributed by atoms with Crippen LogP contribution in [-0.4, -0.2) is 37.0 Å². The van der Waals surface area contributed by atoms with Gasteiger partial charge in [0.15, 0.2) is 0 Å². The zero-order chi connectivity index (χ0) is 15.8. The standard InChI is InChI=1S/C15H19N3O4/c19-13(7-6-12-14(20)18-15(21)17-12)16-8-9-22-10-11-4-2-1-3-5-11/h1-5,12H,6-10H2,(H,16,19)(H2,17,18,20,21)/t12-/m1/s1. The molecule has 1 aliphatic heterocycles. The van der Waals surface area contributed by atoms with Gasteiger partial charge in [0.05, 0.1) is 13.2 Å². The maximum atomic E-state index is 11.6. The molecule has 22 heavy (non-hydrogen) atoms. The van der Waals surface area contributed by atoms with Crippen LogP contribution >= 0.6 is 0 Å². The van der Waals surface area contributed by atoms with Crippen molar-refractivity contribution in [2.75, 3.05) is 13.2 Å². The molecule has 1 fully saturated rings. The van der Waals surface area contributed by atoms with Crippen molar-refractivity contribution < 1.29 is 19.1 Å². The first-order valence-electron chi connectivity index (χ1n) is 7.15. The van der Waals surface area contributed by atoms with E-state index in [1.54, 1.807) is 0 Å². The topological polar surface area (TPSA) is 96.5 Å². The molecule has 118 valence electrons. The first-order chi connectivity index (χ1) is 10.6. The Morgan fingerprint density at radius 1 is 1.23 bits per heavy atom. The number of rotatable bonds is 8. The summed E-state index contributed by atoms with van der Waals surface area (Å²) in [6.07, 6.45) is 0.464. The van der Waals surface area contributed by atoms with Gasteiger partial charge in [-0.25, -0.2) is 4.79 Å². The number of ether oxygens (including phenoxy) is 1. The minimum atomic E-state index is -0.618. The molecule has 7 nitrogen and oxygen atoms in total. The molecule has 3 N–H and O–H groups in total. The number of carbonyl (C=O) groups excluding carboxylic acids is 3. The zero-order valence-electron chi connectivity index (χ0n) is 12.1. The molecule has 0 unspecified atom stereocenters. The van der Waals surface area contributed by atoms with E-state index in [4.69, 9.17) is 4.74 Å². The number of carbonyl (C=O) groups is 3. The average molecular weight is 305 g/mol. The van der Waals surface area contributed by atoms with Gasteiger partial charge >= 0.3 is 6.03 Å². The summed E-state index contributed by atoms with van der Waals surface area (Å²) in [5.41, 5.74) is 1.08. The third kappa shape index (κ3) is 5.17. The number of hydrogen-bond donors (Lipinski definition) is 3. The van der Waals surface area contributed by atoms with Gasteiger partial charge in [-0.05, 0) is 12.0 Å². The van der Waals surface area contributed by atoms with Gasteiger partial charge in [0, 0.05) is 13.0 Å². The minimum absolute atomic E-state index is 0.169. The summed E-state index contributed by atoms with van der Waals surface area (Å²) in [7, 11) is 0. The summed E-state index contributed by atoms with van der Waals surface area (Å²) in [6.45, 7) is 1.33. The van der Waals surface area contributed by atoms with E-state index in [2.05, 4.69) is 16.0 Å². The largest absolute Gasteiger partial charge is 0.375 e. The Bertz CT molecular complexity index is 533. The third-order valence-electron chi connectivity index (χ3n) is 3.20. The van der Waals surface area contributed by atoms with Crippen LogP contribution in [0.4, 0.5) is 4.79 Å². The van der Waals surface area contributed by atoms with E-state index < -0.39 is 12.1 Å². The summed E-state index contributed by atoms with van der Waals surface area (Å²) in [4.78, 5) is 33.8. The second-order valence-corrected chi connectivity index (χ2v) is 4.94. The summed E-state index contributed by atoms with van der Waals surface area (Å²) in [5, 5.41) is 7.29. The van der Waals surface area contributed by atoms with Crippen LogP contribution in [0.3, 0.4) is 0 Å². The van der Waals surface area contributed by atoms with Gasteiger partial charge in [0.1, 0.15) is 6.04 Å². The molecule has 0 spiro atoms. The van der Waals surface area contributed by atoms with Crippen LogP contribution in [0.1, 0.15) is 18.4 Å². The summed E-state index contributed by atoms with van der Waals surface area (Å²) in [6, 6.07) is 8.64. The molecule has 0 saturated carbocycles. The van der Waals surface area contributed by atoms with Crippen molar-refractivity contribution in [3.8, 4) is 0 Å². The van der Waals surface area contributed by atoms with Crippen LogP contribution in [0.2, 0.25) is 0 Å². The Kier molecular flexibility index (Phi) is 5.91. The normalized spacial score (nSPS) is 17.0. The highest BCUT2D eigenvalue weighted by atomic mass is 16.5. The highest BCUT2D eigenvalue weighted by molar-refractivity contribution is 6.04. The molecule has 0 bridgehead atoms. The fourth-order valence-corrected chi connectivity index (χ4v) is 2.05. The molecular weight excluding hydrogens is 286 g/mol. The molecule has 1 aromatic rings. The molecule has 0 aliphatic carbocycles. The van der Waals surface area contributed by atoms with Crippen molar-refractivity contribution in [1.82, 2.24) is 16.0 Å². The number of benzene rings is 1. The predicted molar refractivity (Wildman–Crippen MR) is 78.8 cm³/mol. The summed E-state index contributed by atoms with van der Waals surface area (Å²) < 4.78 is 5.44. The lowest BCUT2D eigenvalue weighted by molar-refractivity contribution is -0.122. The molecule has 0 aromatic heterocycles. The summed E-state index contributed by atoms with van der Waals surface area (Å²) >= 11 is 0. The fraction of sp³-hybridized carbons (Fsp3) is 0.400. The first-order valence-corrected chi connectivity index (χ1v) is 7.15. The fourth-order valence-electron chi connectivity index (χ4n) is 2.05. The van der Waals surface area contributed by atoms with E-state index in [0.29, 0.717) is 19.8 Å². The Labute approximate surface area is 128 Å². The van der Waals surface area contributed by atoms with Gasteiger partial charge < -0.3 is 15.4 Å². The van der Waals surface area contributed by atoms with Gasteiger partial charge in [-0.3, -0.25) is 14.9 Å². The number of imide groups is 1. The predicted octanol–water partition coefficient (Wildman–Crippen LogP) is 0.308. The van der Waals surface area contributed by atoms with Gasteiger partial charge in [-0.15, -0.1) is 0 Å². The summed E-state index contributed by atoms with van der Waals surface area (Å²) in [5.74, 6) is -0.554. The Balaban J connectivity index is 1.53. The van der Waals surface area contributed by atoms with Crippen molar-refractivity contribution in [3.63, 3.8) is 0 Å². The maximum absolute atomic E-state index is 11.6. The number of nitrogens with one attached hydrogen (secondary N) is 3. The van der Waals surface area contributed by atoms with E-state index in [1.807, 2.05) is 30.3 Å².